The van der Waals surface area contributed by atoms with Gasteiger partial charge in [0.1, 0.15) is 0 Å². The summed E-state index contributed by atoms with van der Waals surface area (Å²) in [5, 5.41) is 0. The van der Waals surface area contributed by atoms with Crippen molar-refractivity contribution in [1.29, 1.82) is 0 Å². The number of benzene rings is 1. The van der Waals surface area contributed by atoms with Crippen molar-refractivity contribution in [2.75, 3.05) is 25.2 Å². The molecule has 7 nitrogen and oxygen atoms in total. The van der Waals surface area contributed by atoms with Crippen molar-refractivity contribution in [1.82, 2.24) is 4.90 Å². The van der Waals surface area contributed by atoms with Crippen LogP contribution in [0.1, 0.15) is 24.8 Å². The number of ether oxygens (including phenoxy) is 2. The van der Waals surface area contributed by atoms with E-state index < -0.39 is 28.2 Å². The van der Waals surface area contributed by atoms with Crippen molar-refractivity contribution in [2.24, 2.45) is 0 Å². The summed E-state index contributed by atoms with van der Waals surface area (Å²) in [4.78, 5) is 25.9. The maximum absolute atomic E-state index is 13.6. The molecule has 152 valence electrons. The molecule has 9 heteroatoms. The third-order valence-electron chi connectivity index (χ3n) is 4.76. The fourth-order valence-electron chi connectivity index (χ4n) is 3.26. The number of carbonyl (C=O) groups excluding carboxylic acids is 2. The number of nitrogens with zero attached hydrogens (tertiary/aromatic N) is 1. The van der Waals surface area contributed by atoms with Crippen molar-refractivity contribution in [2.45, 2.75) is 31.3 Å². The first-order valence-electron chi connectivity index (χ1n) is 8.99. The van der Waals surface area contributed by atoms with Gasteiger partial charge in [0, 0.05) is 18.2 Å². The molecule has 0 radical (unpaired) electrons. The number of amides is 1. The molecule has 0 unspecified atom stereocenters. The summed E-state index contributed by atoms with van der Waals surface area (Å²) in [7, 11) is -1.76. The van der Waals surface area contributed by atoms with Gasteiger partial charge in [-0.1, -0.05) is 6.07 Å². The molecule has 1 aliphatic heterocycles. The summed E-state index contributed by atoms with van der Waals surface area (Å²) in [6.07, 6.45) is 4.56. The molecule has 1 aromatic rings. The molecule has 1 saturated heterocycles. The Hall–Kier alpha value is -2.42. The predicted octanol–water partition coefficient (Wildman–Crippen LogP) is 1.57. The van der Waals surface area contributed by atoms with Gasteiger partial charge < -0.3 is 14.4 Å². The minimum absolute atomic E-state index is 0.0299. The summed E-state index contributed by atoms with van der Waals surface area (Å²) in [6, 6.07) is 3.91. The van der Waals surface area contributed by atoms with E-state index in [0.717, 1.165) is 18.9 Å². The van der Waals surface area contributed by atoms with E-state index in [-0.39, 0.29) is 35.2 Å². The first-order valence-corrected chi connectivity index (χ1v) is 10.8. The fourth-order valence-corrected chi connectivity index (χ4v) is 4.97. The largest absolute Gasteiger partial charge is 0.494 e. The lowest BCUT2D eigenvalue weighted by molar-refractivity contribution is -0.149. The average molecular weight is 411 g/mol. The van der Waals surface area contributed by atoms with Crippen molar-refractivity contribution < 1.29 is 31.9 Å². The van der Waals surface area contributed by atoms with Crippen LogP contribution in [0.4, 0.5) is 4.39 Å². The average Bonchev–Trinajstić information content (AvgIpc) is 3.41. The summed E-state index contributed by atoms with van der Waals surface area (Å²) >= 11 is 0. The number of carbonyl (C=O) groups is 2. The summed E-state index contributed by atoms with van der Waals surface area (Å²) in [5.74, 6) is -1.54. The third-order valence-corrected chi connectivity index (χ3v) is 6.51. The van der Waals surface area contributed by atoms with Crippen LogP contribution in [0, 0.1) is 5.82 Å². The molecule has 1 aliphatic carbocycles. The van der Waals surface area contributed by atoms with Crippen LogP contribution < -0.4 is 4.74 Å². The van der Waals surface area contributed by atoms with E-state index in [4.69, 9.17) is 9.47 Å². The number of rotatable bonds is 7. The van der Waals surface area contributed by atoms with Gasteiger partial charge in [0.05, 0.1) is 18.6 Å². The molecule has 0 spiro atoms. The topological polar surface area (TPSA) is 90.0 Å². The smallest absolute Gasteiger partial charge is 0.331 e. The Labute approximate surface area is 163 Å². The maximum atomic E-state index is 13.6. The van der Waals surface area contributed by atoms with Crippen LogP contribution in [0.3, 0.4) is 0 Å². The Morgan fingerprint density at radius 1 is 1.25 bits per heavy atom. The Morgan fingerprint density at radius 3 is 2.57 bits per heavy atom. The highest BCUT2D eigenvalue weighted by Gasteiger charge is 2.42. The maximum Gasteiger partial charge on any atom is 0.331 e. The van der Waals surface area contributed by atoms with E-state index in [1.807, 2.05) is 0 Å². The lowest BCUT2D eigenvalue weighted by Crippen LogP contribution is -2.44. The quantitative estimate of drug-likeness (QED) is 0.500. The SMILES string of the molecule is COc1ccc(/C=C/C(=O)OCC(=O)N(C2CC2)[C@@H]2CCS(=O)(=O)C2)cc1F. The highest BCUT2D eigenvalue weighted by Crippen LogP contribution is 2.32. The minimum atomic E-state index is -3.11. The van der Waals surface area contributed by atoms with Crippen LogP contribution in [-0.2, 0) is 24.2 Å². The van der Waals surface area contributed by atoms with Gasteiger partial charge in [-0.25, -0.2) is 17.6 Å². The standard InChI is InChI=1S/C19H22FNO6S/c1-26-17-6-2-13(10-16(17)20)3-7-19(23)27-11-18(22)21(14-4-5-14)15-8-9-28(24,25)12-15/h2-3,6-7,10,14-15H,4-5,8-9,11-12H2,1H3/b7-3+/t15-/m1/s1. The zero-order chi connectivity index (χ0) is 20.3. The molecule has 1 atom stereocenters. The van der Waals surface area contributed by atoms with E-state index >= 15 is 0 Å². The fraction of sp³-hybridized carbons (Fsp3) is 0.474. The number of methoxy groups -OCH3 is 1. The van der Waals surface area contributed by atoms with Crippen LogP contribution >= 0.6 is 0 Å². The summed E-state index contributed by atoms with van der Waals surface area (Å²) < 4.78 is 46.8. The molecule has 0 bridgehead atoms. The Balaban J connectivity index is 1.54. The first kappa shape index (κ1) is 20.3. The van der Waals surface area contributed by atoms with E-state index in [2.05, 4.69) is 0 Å². The molecule has 28 heavy (non-hydrogen) atoms. The number of hydrogen-bond donors (Lipinski definition) is 0. The molecule has 1 heterocycles. The molecular weight excluding hydrogens is 389 g/mol. The molecule has 2 fully saturated rings. The molecule has 3 rings (SSSR count). The molecule has 1 amide bonds. The monoisotopic (exact) mass is 411 g/mol. The minimum Gasteiger partial charge on any atom is -0.494 e. The highest BCUT2D eigenvalue weighted by atomic mass is 32.2. The number of esters is 1. The summed E-state index contributed by atoms with van der Waals surface area (Å²) in [5.41, 5.74) is 0.442. The van der Waals surface area contributed by atoms with Crippen LogP contribution in [0.25, 0.3) is 6.08 Å². The van der Waals surface area contributed by atoms with Crippen LogP contribution in [0.2, 0.25) is 0 Å². The second-order valence-electron chi connectivity index (χ2n) is 6.92. The molecule has 0 aromatic heterocycles. The zero-order valence-electron chi connectivity index (χ0n) is 15.5. The number of sulfone groups is 1. The molecule has 1 saturated carbocycles. The van der Waals surface area contributed by atoms with Crippen molar-refractivity contribution in [3.63, 3.8) is 0 Å². The van der Waals surface area contributed by atoms with Gasteiger partial charge in [0.2, 0.25) is 0 Å². The van der Waals surface area contributed by atoms with E-state index in [1.165, 1.54) is 25.3 Å². The second kappa shape index (κ2) is 8.30. The lowest BCUT2D eigenvalue weighted by atomic mass is 10.2. The van der Waals surface area contributed by atoms with Gasteiger partial charge in [-0.05, 0) is 43.0 Å². The summed E-state index contributed by atoms with van der Waals surface area (Å²) in [6.45, 7) is -0.451. The van der Waals surface area contributed by atoms with Crippen LogP contribution in [-0.4, -0.2) is 62.5 Å². The van der Waals surface area contributed by atoms with Crippen molar-refractivity contribution in [3.05, 3.63) is 35.7 Å². The van der Waals surface area contributed by atoms with Crippen molar-refractivity contribution >= 4 is 27.8 Å². The van der Waals surface area contributed by atoms with E-state index in [9.17, 15) is 22.4 Å². The van der Waals surface area contributed by atoms with Crippen LogP contribution in [0.5, 0.6) is 5.75 Å². The van der Waals surface area contributed by atoms with Gasteiger partial charge in [-0.15, -0.1) is 0 Å². The van der Waals surface area contributed by atoms with E-state index in [1.54, 1.807) is 11.0 Å². The second-order valence-corrected chi connectivity index (χ2v) is 9.15. The predicted molar refractivity (Wildman–Crippen MR) is 99.9 cm³/mol. The van der Waals surface area contributed by atoms with Crippen molar-refractivity contribution in [3.8, 4) is 5.75 Å². The number of hydrogen-bond acceptors (Lipinski definition) is 6. The number of halogens is 1. The highest BCUT2D eigenvalue weighted by molar-refractivity contribution is 7.91. The van der Waals surface area contributed by atoms with E-state index in [0.29, 0.717) is 12.0 Å². The molecule has 2 aliphatic rings. The van der Waals surface area contributed by atoms with Gasteiger partial charge >= 0.3 is 5.97 Å². The van der Waals surface area contributed by atoms with Crippen LogP contribution in [0.15, 0.2) is 24.3 Å². The molecule has 0 N–H and O–H groups in total. The van der Waals surface area contributed by atoms with Gasteiger partial charge in [-0.3, -0.25) is 4.79 Å². The lowest BCUT2D eigenvalue weighted by Gasteiger charge is -2.28. The molecule has 1 aromatic carbocycles. The Kier molecular flexibility index (Phi) is 6.02. The molecular formula is C19H22FNO6S. The third kappa shape index (κ3) is 5.09. The van der Waals surface area contributed by atoms with Gasteiger partial charge in [0.15, 0.2) is 28.0 Å². The first-order chi connectivity index (χ1) is 13.3. The Bertz CT molecular complexity index is 894. The zero-order valence-corrected chi connectivity index (χ0v) is 16.3. The van der Waals surface area contributed by atoms with Gasteiger partial charge in [0.25, 0.3) is 5.91 Å². The Morgan fingerprint density at radius 2 is 2.00 bits per heavy atom. The van der Waals surface area contributed by atoms with Gasteiger partial charge in [-0.2, -0.15) is 0 Å². The normalized spacial score (nSPS) is 20.9.